The Hall–Kier alpha value is -5.46. The second-order valence-electron chi connectivity index (χ2n) is 27.8. The van der Waals surface area contributed by atoms with Crippen LogP contribution in [0.2, 0.25) is 0 Å². The fraction of sp³-hybridized carbons (Fsp3) is 0.468. The normalized spacial score (nSPS) is 18.0. The summed E-state index contributed by atoms with van der Waals surface area (Å²) in [6.45, 7) is 39.5. The Bertz CT molecular complexity index is 2980. The minimum atomic E-state index is 0.109. The van der Waals surface area contributed by atoms with Gasteiger partial charge in [-0.05, 0) is 301 Å². The van der Waals surface area contributed by atoms with Gasteiger partial charge in [0.15, 0.2) is 0 Å². The van der Waals surface area contributed by atoms with Crippen LogP contribution >= 0.6 is 0 Å². The Labute approximate surface area is 481 Å². The van der Waals surface area contributed by atoms with E-state index in [2.05, 4.69) is 251 Å². The zero-order valence-electron chi connectivity index (χ0n) is 52.4. The summed E-state index contributed by atoms with van der Waals surface area (Å²) in [7, 11) is 0. The highest BCUT2D eigenvalue weighted by Crippen LogP contribution is 2.58. The molecule has 79 heavy (non-hydrogen) atoms. The number of aryl methyl sites for hydroxylation is 13. The van der Waals surface area contributed by atoms with Gasteiger partial charge in [0, 0.05) is 16.2 Å². The fourth-order valence-corrected chi connectivity index (χ4v) is 15.6. The van der Waals surface area contributed by atoms with Gasteiger partial charge >= 0.3 is 0 Å². The maximum absolute atomic E-state index is 2.64. The molecule has 0 heterocycles. The molecule has 0 nitrogen and oxygen atoms in total. The zero-order valence-corrected chi connectivity index (χ0v) is 52.4. The first-order valence-corrected chi connectivity index (χ1v) is 30.9. The van der Waals surface area contributed by atoms with Crippen LogP contribution in [0.1, 0.15) is 216 Å². The van der Waals surface area contributed by atoms with Crippen molar-refractivity contribution in [1.82, 2.24) is 0 Å². The highest BCUT2D eigenvalue weighted by atomic mass is 14.5. The second-order valence-corrected chi connectivity index (χ2v) is 27.8. The lowest BCUT2D eigenvalue weighted by atomic mass is 9.53. The van der Waals surface area contributed by atoms with Gasteiger partial charge in [0.25, 0.3) is 0 Å². The first-order chi connectivity index (χ1) is 37.4. The van der Waals surface area contributed by atoms with Gasteiger partial charge in [0.2, 0.25) is 0 Å². The van der Waals surface area contributed by atoms with E-state index in [1.165, 1.54) is 188 Å². The molecule has 0 N–H and O–H groups in total. The van der Waals surface area contributed by atoms with Crippen LogP contribution in [0.25, 0.3) is 0 Å². The predicted octanol–water partition coefficient (Wildman–Crippen LogP) is 21.5. The molecule has 0 saturated heterocycles. The monoisotopic (exact) mass is 1050 g/mol. The molecule has 0 bridgehead atoms. The first kappa shape index (κ1) is 58.2. The van der Waals surface area contributed by atoms with Crippen LogP contribution in [0.4, 0.5) is 0 Å². The molecule has 0 spiro atoms. The van der Waals surface area contributed by atoms with E-state index in [4.69, 9.17) is 0 Å². The third kappa shape index (κ3) is 11.3. The molecule has 3 aliphatic carbocycles. The summed E-state index contributed by atoms with van der Waals surface area (Å²) in [5.41, 5.74) is 29.7. The molecule has 0 aromatic heterocycles. The van der Waals surface area contributed by atoms with Crippen molar-refractivity contribution >= 4 is 0 Å². The number of rotatable bonds is 10. The van der Waals surface area contributed by atoms with Crippen molar-refractivity contribution in [2.75, 3.05) is 0 Å². The summed E-state index contributed by atoms with van der Waals surface area (Å²) in [4.78, 5) is 0. The molecule has 0 aliphatic heterocycles. The van der Waals surface area contributed by atoms with Crippen LogP contribution in [0.15, 0.2) is 133 Å². The van der Waals surface area contributed by atoms with Gasteiger partial charge < -0.3 is 0 Å². The molecule has 7 aromatic carbocycles. The van der Waals surface area contributed by atoms with Crippen molar-refractivity contribution < 1.29 is 0 Å². The van der Waals surface area contributed by atoms with Crippen molar-refractivity contribution in [2.45, 2.75) is 216 Å². The zero-order chi connectivity index (χ0) is 56.8. The van der Waals surface area contributed by atoms with E-state index in [-0.39, 0.29) is 21.7 Å². The van der Waals surface area contributed by atoms with Gasteiger partial charge in [-0.3, -0.25) is 0 Å². The number of hydrogen-bond acceptors (Lipinski definition) is 0. The fourth-order valence-electron chi connectivity index (χ4n) is 15.6. The van der Waals surface area contributed by atoms with Gasteiger partial charge in [-0.25, -0.2) is 0 Å². The summed E-state index contributed by atoms with van der Waals surface area (Å²) in [5.74, 6) is 2.22. The maximum atomic E-state index is 2.64. The number of hydrogen-bond donors (Lipinski definition) is 0. The third-order valence-corrected chi connectivity index (χ3v) is 22.8. The summed E-state index contributed by atoms with van der Waals surface area (Å²) in [5, 5.41) is 0. The average molecular weight is 1050 g/mol. The maximum Gasteiger partial charge on any atom is 0.0203 e. The summed E-state index contributed by atoms with van der Waals surface area (Å²) in [6, 6.07) is 52.9. The van der Waals surface area contributed by atoms with E-state index < -0.39 is 0 Å². The van der Waals surface area contributed by atoms with E-state index in [9.17, 15) is 0 Å². The van der Waals surface area contributed by atoms with Gasteiger partial charge in [-0.1, -0.05) is 167 Å². The smallest absolute Gasteiger partial charge is 0.0203 e. The Morgan fingerprint density at radius 2 is 0.481 bits per heavy atom. The van der Waals surface area contributed by atoms with Crippen LogP contribution in [-0.4, -0.2) is 0 Å². The van der Waals surface area contributed by atoms with E-state index in [0.717, 1.165) is 11.8 Å². The average Bonchev–Trinajstić information content (AvgIpc) is 3.63. The van der Waals surface area contributed by atoms with Gasteiger partial charge in [0.1, 0.15) is 0 Å². The largest absolute Gasteiger partial charge is 0.0594 e. The van der Waals surface area contributed by atoms with Crippen LogP contribution < -0.4 is 0 Å². The lowest BCUT2D eigenvalue weighted by Gasteiger charge is -2.52. The van der Waals surface area contributed by atoms with E-state index in [1.807, 2.05) is 0 Å². The molecular formula is C79H100. The first-order valence-electron chi connectivity index (χ1n) is 30.9. The van der Waals surface area contributed by atoms with Crippen LogP contribution in [-0.2, 0) is 21.7 Å². The van der Waals surface area contributed by atoms with Crippen molar-refractivity contribution in [3.05, 3.63) is 245 Å². The molecular weight excluding hydrogens is 949 g/mol. The molecule has 3 aliphatic rings. The molecule has 0 unspecified atom stereocenters. The molecule has 0 heteroatoms. The van der Waals surface area contributed by atoms with Crippen LogP contribution in [0.5, 0.6) is 0 Å². The van der Waals surface area contributed by atoms with Gasteiger partial charge in [0.05, 0.1) is 0 Å². The molecule has 0 amide bonds. The van der Waals surface area contributed by atoms with Gasteiger partial charge in [-0.2, -0.15) is 0 Å². The van der Waals surface area contributed by atoms with Crippen molar-refractivity contribution in [3.63, 3.8) is 0 Å². The Morgan fingerprint density at radius 1 is 0.266 bits per heavy atom. The molecule has 7 aromatic rings. The summed E-state index contributed by atoms with van der Waals surface area (Å²) < 4.78 is 0. The highest BCUT2D eigenvalue weighted by Gasteiger charge is 2.49. The third-order valence-electron chi connectivity index (χ3n) is 22.8. The standard InChI is InChI=1S/C47H60.C32H40/c1-31-11-15-41(27-35(31)5)46(42-16-12-32(2)36(6)28-42)23-19-39(20-24-46)45(9,10)40-21-25-47(26-22-40,43-17-13-33(3)37(7)29-43)44-18-14-34(4)38(8)30-44;1-22-8-12-27(13-9-22)31(6,7)28-16-18-32(19-17-28,29-14-10-23(2)25(4)20-29)30-15-11-24(3)26(5)21-30/h11-18,27-30,39-40H,19-26H2,1-10H3;8-15,20-21,28H,16-19H2,1-7H3. The minimum absolute atomic E-state index is 0.109. The SMILES string of the molecule is Cc1ccc(C(C)(C)C2CCC(c3ccc(C)c(C)c3)(c3ccc(C)c(C)c3)CC2)cc1.Cc1ccc(C2(c3ccc(C)c(C)c3)CCC(C(C)(C)C3CCC(c4ccc(C)c(C)c4)(c4ccc(C)c(C)c4)CC3)CC2)cc1C. The molecule has 3 saturated carbocycles. The Balaban J connectivity index is 0.000000206. The lowest BCUT2D eigenvalue weighted by molar-refractivity contribution is 0.0364. The number of benzene rings is 7. The molecule has 10 rings (SSSR count). The highest BCUT2D eigenvalue weighted by molar-refractivity contribution is 5.49. The van der Waals surface area contributed by atoms with Crippen LogP contribution in [0, 0.1) is 113 Å². The molecule has 0 atom stereocenters. The van der Waals surface area contributed by atoms with E-state index in [1.54, 1.807) is 0 Å². The second kappa shape index (κ2) is 22.8. The quantitative estimate of drug-likeness (QED) is 0.128. The summed E-state index contributed by atoms with van der Waals surface area (Å²) in [6.07, 6.45) is 15.2. The lowest BCUT2D eigenvalue weighted by Crippen LogP contribution is -2.43. The van der Waals surface area contributed by atoms with Crippen molar-refractivity contribution in [2.24, 2.45) is 23.2 Å². The Morgan fingerprint density at radius 3 is 0.696 bits per heavy atom. The molecule has 0 radical (unpaired) electrons. The Kier molecular flexibility index (Phi) is 16.8. The molecule has 416 valence electrons. The van der Waals surface area contributed by atoms with E-state index >= 15 is 0 Å². The topological polar surface area (TPSA) is 0 Å². The predicted molar refractivity (Wildman–Crippen MR) is 342 cm³/mol. The summed E-state index contributed by atoms with van der Waals surface area (Å²) >= 11 is 0. The van der Waals surface area contributed by atoms with Crippen molar-refractivity contribution in [3.8, 4) is 0 Å². The van der Waals surface area contributed by atoms with Crippen molar-refractivity contribution in [1.29, 1.82) is 0 Å². The van der Waals surface area contributed by atoms with Crippen LogP contribution in [0.3, 0.4) is 0 Å². The molecule has 3 fully saturated rings. The minimum Gasteiger partial charge on any atom is -0.0594 e. The van der Waals surface area contributed by atoms with Gasteiger partial charge in [-0.15, -0.1) is 0 Å². The van der Waals surface area contributed by atoms with E-state index in [0.29, 0.717) is 11.3 Å².